The van der Waals surface area contributed by atoms with Gasteiger partial charge in [0.05, 0.1) is 6.54 Å². The zero-order chi connectivity index (χ0) is 13.8. The van der Waals surface area contributed by atoms with E-state index in [9.17, 15) is 18.0 Å². The van der Waals surface area contributed by atoms with Gasteiger partial charge in [0.2, 0.25) is 5.91 Å². The molecule has 0 bridgehead atoms. The van der Waals surface area contributed by atoms with E-state index in [1.54, 1.807) is 11.9 Å². The molecule has 0 atom stereocenters. The first kappa shape index (κ1) is 14.3. The molecule has 0 aromatic heterocycles. The summed E-state index contributed by atoms with van der Waals surface area (Å²) in [6, 6.07) is 5.44. The molecule has 0 aliphatic rings. The minimum Gasteiger partial charge on any atom is -0.406 e. The molecule has 0 saturated heterocycles. The zero-order valence-electron chi connectivity index (χ0n) is 9.70. The molecular weight excluding hydrogens is 249 g/mol. The maximum atomic E-state index is 11.9. The van der Waals surface area contributed by atoms with Crippen LogP contribution in [0.25, 0.3) is 0 Å². The topological polar surface area (TPSA) is 55.6 Å². The molecular formula is C11H13F3N2O2. The number of primary amides is 1. The van der Waals surface area contributed by atoms with Crippen molar-refractivity contribution in [2.75, 3.05) is 13.6 Å². The Morgan fingerprint density at radius 1 is 1.33 bits per heavy atom. The summed E-state index contributed by atoms with van der Waals surface area (Å²) in [5.41, 5.74) is 5.77. The quantitative estimate of drug-likeness (QED) is 0.875. The van der Waals surface area contributed by atoms with Crippen LogP contribution in [0.4, 0.5) is 13.2 Å². The largest absolute Gasteiger partial charge is 0.573 e. The van der Waals surface area contributed by atoms with Crippen molar-refractivity contribution in [3.05, 3.63) is 29.8 Å². The summed E-state index contributed by atoms with van der Waals surface area (Å²) in [6.07, 6.45) is -4.69. The number of hydrogen-bond donors (Lipinski definition) is 1. The lowest BCUT2D eigenvalue weighted by Crippen LogP contribution is -2.30. The van der Waals surface area contributed by atoms with Crippen molar-refractivity contribution in [3.8, 4) is 5.75 Å². The molecule has 0 aliphatic carbocycles. The number of ether oxygens (including phenoxy) is 1. The van der Waals surface area contributed by atoms with E-state index in [2.05, 4.69) is 4.74 Å². The van der Waals surface area contributed by atoms with Gasteiger partial charge in [0, 0.05) is 6.54 Å². The Morgan fingerprint density at radius 2 is 1.89 bits per heavy atom. The molecule has 0 radical (unpaired) electrons. The van der Waals surface area contributed by atoms with E-state index in [0.29, 0.717) is 6.54 Å². The van der Waals surface area contributed by atoms with Crippen molar-refractivity contribution in [2.24, 2.45) is 5.73 Å². The van der Waals surface area contributed by atoms with E-state index in [0.717, 1.165) is 5.56 Å². The van der Waals surface area contributed by atoms with Crippen LogP contribution in [-0.4, -0.2) is 30.8 Å². The van der Waals surface area contributed by atoms with Crippen LogP contribution in [0.5, 0.6) is 5.75 Å². The molecule has 0 fully saturated rings. The van der Waals surface area contributed by atoms with Crippen molar-refractivity contribution in [3.63, 3.8) is 0 Å². The van der Waals surface area contributed by atoms with E-state index < -0.39 is 12.3 Å². The van der Waals surface area contributed by atoms with Crippen molar-refractivity contribution in [1.29, 1.82) is 0 Å². The van der Waals surface area contributed by atoms with E-state index >= 15 is 0 Å². The van der Waals surface area contributed by atoms with Crippen LogP contribution in [0.15, 0.2) is 24.3 Å². The lowest BCUT2D eigenvalue weighted by molar-refractivity contribution is -0.274. The summed E-state index contributed by atoms with van der Waals surface area (Å²) in [5, 5.41) is 0. The minimum atomic E-state index is -4.69. The number of nitrogens with zero attached hydrogens (tertiary/aromatic N) is 1. The van der Waals surface area contributed by atoms with Crippen LogP contribution < -0.4 is 10.5 Å². The SMILES string of the molecule is CN(CC(N)=O)Cc1ccc(OC(F)(F)F)cc1. The summed E-state index contributed by atoms with van der Waals surface area (Å²) >= 11 is 0. The average Bonchev–Trinajstić information content (AvgIpc) is 2.17. The molecule has 18 heavy (non-hydrogen) atoms. The number of alkyl halides is 3. The molecule has 0 heterocycles. The Labute approximate surface area is 102 Å². The number of carbonyl (C=O) groups is 1. The molecule has 1 aromatic rings. The van der Waals surface area contributed by atoms with Crippen molar-refractivity contribution < 1.29 is 22.7 Å². The van der Waals surface area contributed by atoms with E-state index in [-0.39, 0.29) is 12.3 Å². The molecule has 1 aromatic carbocycles. The number of nitrogens with two attached hydrogens (primary N) is 1. The van der Waals surface area contributed by atoms with Crippen LogP contribution in [0.1, 0.15) is 5.56 Å². The molecule has 1 rings (SSSR count). The summed E-state index contributed by atoms with van der Waals surface area (Å²) in [7, 11) is 1.69. The molecule has 2 N–H and O–H groups in total. The monoisotopic (exact) mass is 262 g/mol. The molecule has 0 aliphatic heterocycles. The second-order valence-corrected chi connectivity index (χ2v) is 3.83. The number of halogens is 3. The second-order valence-electron chi connectivity index (χ2n) is 3.83. The van der Waals surface area contributed by atoms with Gasteiger partial charge in [0.25, 0.3) is 0 Å². The van der Waals surface area contributed by atoms with Crippen LogP contribution in [0, 0.1) is 0 Å². The summed E-state index contributed by atoms with van der Waals surface area (Å²) < 4.78 is 39.5. The lowest BCUT2D eigenvalue weighted by Gasteiger charge is -2.15. The molecule has 1 amide bonds. The fourth-order valence-corrected chi connectivity index (χ4v) is 1.43. The Balaban J connectivity index is 2.57. The van der Waals surface area contributed by atoms with Gasteiger partial charge >= 0.3 is 6.36 Å². The highest BCUT2D eigenvalue weighted by Crippen LogP contribution is 2.22. The first-order valence-electron chi connectivity index (χ1n) is 5.08. The van der Waals surface area contributed by atoms with Crippen molar-refractivity contribution >= 4 is 5.91 Å². The lowest BCUT2D eigenvalue weighted by atomic mass is 10.2. The van der Waals surface area contributed by atoms with Gasteiger partial charge in [-0.1, -0.05) is 12.1 Å². The molecule has 7 heteroatoms. The number of likely N-dealkylation sites (N-methyl/N-ethyl adjacent to an activating group) is 1. The minimum absolute atomic E-state index is 0.0841. The van der Waals surface area contributed by atoms with Crippen LogP contribution >= 0.6 is 0 Å². The van der Waals surface area contributed by atoms with E-state index in [4.69, 9.17) is 5.73 Å². The van der Waals surface area contributed by atoms with Gasteiger partial charge in [-0.25, -0.2) is 0 Å². The fourth-order valence-electron chi connectivity index (χ4n) is 1.43. The number of rotatable bonds is 5. The summed E-state index contributed by atoms with van der Waals surface area (Å²) in [4.78, 5) is 12.3. The van der Waals surface area contributed by atoms with Crippen LogP contribution in [-0.2, 0) is 11.3 Å². The Morgan fingerprint density at radius 3 is 2.33 bits per heavy atom. The van der Waals surface area contributed by atoms with Crippen molar-refractivity contribution in [1.82, 2.24) is 4.90 Å². The number of carbonyl (C=O) groups excluding carboxylic acids is 1. The summed E-state index contributed by atoms with van der Waals surface area (Å²) in [6.45, 7) is 0.496. The normalized spacial score (nSPS) is 11.6. The van der Waals surface area contributed by atoms with Crippen LogP contribution in [0.2, 0.25) is 0 Å². The molecule has 0 spiro atoms. The Kier molecular flexibility index (Phi) is 4.55. The van der Waals surface area contributed by atoms with Gasteiger partial charge in [-0.15, -0.1) is 13.2 Å². The third-order valence-corrected chi connectivity index (χ3v) is 2.04. The van der Waals surface area contributed by atoms with E-state index in [1.807, 2.05) is 0 Å². The maximum Gasteiger partial charge on any atom is 0.573 e. The van der Waals surface area contributed by atoms with E-state index in [1.165, 1.54) is 24.3 Å². The Bertz CT molecular complexity index is 404. The Hall–Kier alpha value is -1.76. The van der Waals surface area contributed by atoms with Crippen molar-refractivity contribution in [2.45, 2.75) is 12.9 Å². The first-order chi connectivity index (χ1) is 8.26. The predicted octanol–water partition coefficient (Wildman–Crippen LogP) is 1.50. The predicted molar refractivity (Wildman–Crippen MR) is 58.7 cm³/mol. The average molecular weight is 262 g/mol. The van der Waals surface area contributed by atoms with Gasteiger partial charge in [-0.05, 0) is 24.7 Å². The van der Waals surface area contributed by atoms with Gasteiger partial charge in [-0.3, -0.25) is 9.69 Å². The highest BCUT2D eigenvalue weighted by atomic mass is 19.4. The zero-order valence-corrected chi connectivity index (χ0v) is 9.70. The third-order valence-electron chi connectivity index (χ3n) is 2.04. The van der Waals surface area contributed by atoms with Gasteiger partial charge in [-0.2, -0.15) is 0 Å². The second kappa shape index (κ2) is 5.72. The van der Waals surface area contributed by atoms with Crippen LogP contribution in [0.3, 0.4) is 0 Å². The highest BCUT2D eigenvalue weighted by Gasteiger charge is 2.30. The highest BCUT2D eigenvalue weighted by molar-refractivity contribution is 5.75. The molecule has 100 valence electrons. The first-order valence-corrected chi connectivity index (χ1v) is 5.08. The molecule has 4 nitrogen and oxygen atoms in total. The third kappa shape index (κ3) is 5.53. The van der Waals surface area contributed by atoms with Gasteiger partial charge < -0.3 is 10.5 Å². The summed E-state index contributed by atoms with van der Waals surface area (Å²) in [5.74, 6) is -0.738. The van der Waals surface area contributed by atoms with Gasteiger partial charge in [0.15, 0.2) is 0 Å². The molecule has 0 unspecified atom stereocenters. The standard InChI is InChI=1S/C11H13F3N2O2/c1-16(7-10(15)17)6-8-2-4-9(5-3-8)18-11(12,13)14/h2-5H,6-7H2,1H3,(H2,15,17). The molecule has 0 saturated carbocycles. The maximum absolute atomic E-state index is 11.9. The number of benzene rings is 1. The number of amides is 1. The smallest absolute Gasteiger partial charge is 0.406 e. The number of hydrogen-bond acceptors (Lipinski definition) is 3. The fraction of sp³-hybridized carbons (Fsp3) is 0.364. The van der Waals surface area contributed by atoms with Gasteiger partial charge in [0.1, 0.15) is 5.75 Å².